The van der Waals surface area contributed by atoms with Crippen LogP contribution in [0.4, 0.5) is 4.79 Å². The minimum Gasteiger partial charge on any atom is -0.473 e. The molecule has 0 saturated carbocycles. The van der Waals surface area contributed by atoms with E-state index in [-0.39, 0.29) is 24.1 Å². The molecule has 2 aliphatic heterocycles. The van der Waals surface area contributed by atoms with Crippen molar-refractivity contribution in [2.75, 3.05) is 31.2 Å². The number of hydrogen-bond donors (Lipinski definition) is 1. The van der Waals surface area contributed by atoms with Crippen molar-refractivity contribution in [1.29, 1.82) is 0 Å². The van der Waals surface area contributed by atoms with E-state index in [1.165, 1.54) is 0 Å². The average Bonchev–Trinajstić information content (AvgIpc) is 3.16. The lowest BCUT2D eigenvalue weighted by Crippen LogP contribution is -2.46. The molecule has 2 aliphatic rings. The first kappa shape index (κ1) is 18.8. The molecule has 7 nitrogen and oxygen atoms in total. The number of thioether (sulfide) groups is 1. The van der Waals surface area contributed by atoms with E-state index in [1.54, 1.807) is 30.2 Å². The summed E-state index contributed by atoms with van der Waals surface area (Å²) in [6.07, 6.45) is 3.88. The third kappa shape index (κ3) is 4.81. The van der Waals surface area contributed by atoms with Crippen LogP contribution in [0.15, 0.2) is 18.3 Å². The van der Waals surface area contributed by atoms with E-state index in [0.717, 1.165) is 17.9 Å². The Morgan fingerprint density at radius 1 is 1.35 bits per heavy atom. The van der Waals surface area contributed by atoms with Crippen LogP contribution in [0.1, 0.15) is 36.5 Å². The number of hydrogen-bond acceptors (Lipinski definition) is 6. The molecular weight excluding hydrogens is 354 g/mol. The molecule has 0 spiro atoms. The van der Waals surface area contributed by atoms with Crippen LogP contribution in [-0.4, -0.2) is 65.2 Å². The summed E-state index contributed by atoms with van der Waals surface area (Å²) in [4.78, 5) is 30.4. The fraction of sp³-hybridized carbons (Fsp3) is 0.611. The van der Waals surface area contributed by atoms with Gasteiger partial charge in [0.25, 0.3) is 5.91 Å². The van der Waals surface area contributed by atoms with Crippen molar-refractivity contribution in [2.45, 2.75) is 38.3 Å². The van der Waals surface area contributed by atoms with Gasteiger partial charge in [0.2, 0.25) is 5.88 Å². The van der Waals surface area contributed by atoms with Gasteiger partial charge in [0.15, 0.2) is 0 Å². The molecule has 0 aromatic carbocycles. The summed E-state index contributed by atoms with van der Waals surface area (Å²) >= 11 is 1.85. The zero-order chi connectivity index (χ0) is 18.4. The lowest BCUT2D eigenvalue weighted by Gasteiger charge is -2.31. The SMILES string of the molecule is CCOC(=O)N1CCC(NC(=O)c2cccnc2OC2CCSC2)CC1. The minimum absolute atomic E-state index is 0.0308. The predicted molar refractivity (Wildman–Crippen MR) is 99.7 cm³/mol. The van der Waals surface area contributed by atoms with Gasteiger partial charge in [0.05, 0.1) is 6.61 Å². The van der Waals surface area contributed by atoms with Gasteiger partial charge in [-0.15, -0.1) is 0 Å². The van der Waals surface area contributed by atoms with Crippen LogP contribution in [0.5, 0.6) is 5.88 Å². The number of aromatic nitrogens is 1. The lowest BCUT2D eigenvalue weighted by molar-refractivity contribution is 0.0855. The molecule has 3 rings (SSSR count). The Bertz CT molecular complexity index is 629. The molecule has 0 radical (unpaired) electrons. The molecule has 0 bridgehead atoms. The Morgan fingerprint density at radius 3 is 2.85 bits per heavy atom. The first-order chi connectivity index (χ1) is 12.7. The molecule has 26 heavy (non-hydrogen) atoms. The van der Waals surface area contributed by atoms with Gasteiger partial charge in [-0.25, -0.2) is 9.78 Å². The number of likely N-dealkylation sites (tertiary alicyclic amines) is 1. The first-order valence-corrected chi connectivity index (χ1v) is 10.2. The lowest BCUT2D eigenvalue weighted by atomic mass is 10.0. The molecule has 142 valence electrons. The maximum absolute atomic E-state index is 12.7. The molecule has 1 aromatic rings. The van der Waals surface area contributed by atoms with Gasteiger partial charge in [-0.1, -0.05) is 0 Å². The van der Waals surface area contributed by atoms with E-state index in [2.05, 4.69) is 10.3 Å². The molecule has 3 heterocycles. The second kappa shape index (κ2) is 9.12. The summed E-state index contributed by atoms with van der Waals surface area (Å²) < 4.78 is 10.9. The van der Waals surface area contributed by atoms with E-state index in [1.807, 2.05) is 11.8 Å². The number of carbonyl (C=O) groups excluding carboxylic acids is 2. The molecule has 2 saturated heterocycles. The van der Waals surface area contributed by atoms with Crippen LogP contribution in [0.3, 0.4) is 0 Å². The van der Waals surface area contributed by atoms with Gasteiger partial charge in [0, 0.05) is 31.1 Å². The summed E-state index contributed by atoms with van der Waals surface area (Å²) in [6.45, 7) is 3.33. The van der Waals surface area contributed by atoms with Crippen LogP contribution < -0.4 is 10.1 Å². The highest BCUT2D eigenvalue weighted by molar-refractivity contribution is 7.99. The number of nitrogens with zero attached hydrogens (tertiary/aromatic N) is 2. The van der Waals surface area contributed by atoms with Crippen LogP contribution in [0.2, 0.25) is 0 Å². The highest BCUT2D eigenvalue weighted by Crippen LogP contribution is 2.24. The smallest absolute Gasteiger partial charge is 0.409 e. The molecule has 0 aliphatic carbocycles. The average molecular weight is 379 g/mol. The second-order valence-corrected chi connectivity index (χ2v) is 7.54. The monoisotopic (exact) mass is 379 g/mol. The summed E-state index contributed by atoms with van der Waals surface area (Å²) in [7, 11) is 0. The summed E-state index contributed by atoms with van der Waals surface area (Å²) in [5, 5.41) is 3.05. The fourth-order valence-corrected chi connectivity index (χ4v) is 4.20. The highest BCUT2D eigenvalue weighted by Gasteiger charge is 2.26. The number of nitrogens with one attached hydrogen (secondary N) is 1. The van der Waals surface area contributed by atoms with E-state index < -0.39 is 0 Å². The summed E-state index contributed by atoms with van der Waals surface area (Å²) in [5.74, 6) is 2.25. The van der Waals surface area contributed by atoms with Crippen molar-refractivity contribution in [3.05, 3.63) is 23.9 Å². The van der Waals surface area contributed by atoms with E-state index >= 15 is 0 Å². The number of rotatable bonds is 5. The molecule has 1 N–H and O–H groups in total. The van der Waals surface area contributed by atoms with Crippen LogP contribution >= 0.6 is 11.8 Å². The van der Waals surface area contributed by atoms with Crippen molar-refractivity contribution in [2.24, 2.45) is 0 Å². The number of ether oxygens (including phenoxy) is 2. The Kier molecular flexibility index (Phi) is 6.60. The third-order valence-corrected chi connectivity index (χ3v) is 5.67. The quantitative estimate of drug-likeness (QED) is 0.846. The van der Waals surface area contributed by atoms with Gasteiger partial charge in [-0.2, -0.15) is 11.8 Å². The number of piperidine rings is 1. The molecule has 1 atom stereocenters. The van der Waals surface area contributed by atoms with Crippen LogP contribution in [0, 0.1) is 0 Å². The van der Waals surface area contributed by atoms with Gasteiger partial charge < -0.3 is 19.7 Å². The van der Waals surface area contributed by atoms with Crippen LogP contribution in [-0.2, 0) is 4.74 Å². The second-order valence-electron chi connectivity index (χ2n) is 6.39. The zero-order valence-corrected chi connectivity index (χ0v) is 15.8. The third-order valence-electron chi connectivity index (χ3n) is 4.54. The van der Waals surface area contributed by atoms with E-state index in [0.29, 0.717) is 44.0 Å². The van der Waals surface area contributed by atoms with Gasteiger partial charge in [0.1, 0.15) is 11.7 Å². The van der Waals surface area contributed by atoms with Crippen LogP contribution in [0.25, 0.3) is 0 Å². The Labute approximate surface area is 157 Å². The maximum Gasteiger partial charge on any atom is 0.409 e. The summed E-state index contributed by atoms with van der Waals surface area (Å²) in [6, 6.07) is 3.52. The summed E-state index contributed by atoms with van der Waals surface area (Å²) in [5.41, 5.74) is 0.470. The topological polar surface area (TPSA) is 80.8 Å². The first-order valence-electron chi connectivity index (χ1n) is 9.09. The highest BCUT2D eigenvalue weighted by atomic mass is 32.2. The van der Waals surface area contributed by atoms with Crippen molar-refractivity contribution in [3.8, 4) is 5.88 Å². The molecule has 1 aromatic heterocycles. The largest absolute Gasteiger partial charge is 0.473 e. The molecule has 8 heteroatoms. The van der Waals surface area contributed by atoms with Gasteiger partial charge in [-0.3, -0.25) is 4.79 Å². The maximum atomic E-state index is 12.7. The number of pyridine rings is 1. The van der Waals surface area contributed by atoms with Crippen molar-refractivity contribution in [1.82, 2.24) is 15.2 Å². The molecular formula is C18H25N3O4S. The predicted octanol–water partition coefficient (Wildman–Crippen LogP) is 2.32. The standard InChI is InChI=1S/C18H25N3O4S/c1-2-24-18(23)21-9-5-13(6-10-21)20-16(22)15-4-3-8-19-17(15)25-14-7-11-26-12-14/h3-4,8,13-14H,2,5-7,9-12H2,1H3,(H,20,22). The number of carbonyl (C=O) groups is 2. The zero-order valence-electron chi connectivity index (χ0n) is 15.0. The Balaban J connectivity index is 1.55. The van der Waals surface area contributed by atoms with E-state index in [9.17, 15) is 9.59 Å². The van der Waals surface area contributed by atoms with Gasteiger partial charge >= 0.3 is 6.09 Å². The normalized spacial score (nSPS) is 20.7. The Morgan fingerprint density at radius 2 is 2.15 bits per heavy atom. The molecule has 2 fully saturated rings. The Hall–Kier alpha value is -1.96. The van der Waals surface area contributed by atoms with Crippen molar-refractivity contribution in [3.63, 3.8) is 0 Å². The van der Waals surface area contributed by atoms with Crippen molar-refractivity contribution < 1.29 is 19.1 Å². The fourth-order valence-electron chi connectivity index (χ4n) is 3.11. The van der Waals surface area contributed by atoms with E-state index in [4.69, 9.17) is 9.47 Å². The minimum atomic E-state index is -0.283. The molecule has 1 unspecified atom stereocenters. The van der Waals surface area contributed by atoms with Gasteiger partial charge in [-0.05, 0) is 44.1 Å². The number of amides is 2. The molecule has 2 amide bonds. The van der Waals surface area contributed by atoms with Crippen molar-refractivity contribution >= 4 is 23.8 Å².